The van der Waals surface area contributed by atoms with Crippen LogP contribution in [0, 0.1) is 20.8 Å². The smallest absolute Gasteiger partial charge is 0.0234 e. The van der Waals surface area contributed by atoms with E-state index in [2.05, 4.69) is 64.1 Å². The molecule has 0 N–H and O–H groups in total. The van der Waals surface area contributed by atoms with Crippen molar-refractivity contribution in [3.8, 4) is 0 Å². The topological polar surface area (TPSA) is 0 Å². The van der Waals surface area contributed by atoms with Gasteiger partial charge in [-0.2, -0.15) is 0 Å². The summed E-state index contributed by atoms with van der Waals surface area (Å²) in [6.45, 7) is 8.82. The van der Waals surface area contributed by atoms with Crippen molar-refractivity contribution in [1.82, 2.24) is 0 Å². The predicted octanol–water partition coefficient (Wildman–Crippen LogP) is 5.86. The monoisotopic (exact) mass is 284 g/mol. The molecule has 0 fully saturated rings. The Kier molecular flexibility index (Phi) is 5.31. The Labute approximate surface area is 127 Å². The summed E-state index contributed by atoms with van der Waals surface area (Å²) in [4.78, 5) is 1.41. The van der Waals surface area contributed by atoms with Gasteiger partial charge in [0.15, 0.2) is 0 Å². The van der Waals surface area contributed by atoms with Crippen LogP contribution in [-0.2, 0) is 12.2 Å². The van der Waals surface area contributed by atoms with Gasteiger partial charge in [-0.1, -0.05) is 49.2 Å². The second kappa shape index (κ2) is 6.99. The van der Waals surface area contributed by atoms with Gasteiger partial charge in [0.05, 0.1) is 0 Å². The summed E-state index contributed by atoms with van der Waals surface area (Å²) in [7, 11) is 0. The summed E-state index contributed by atoms with van der Waals surface area (Å²) >= 11 is 1.96. The van der Waals surface area contributed by atoms with Crippen molar-refractivity contribution in [3.63, 3.8) is 0 Å². The Bertz CT molecular complexity index is 584. The van der Waals surface area contributed by atoms with E-state index in [4.69, 9.17) is 0 Å². The van der Waals surface area contributed by atoms with Gasteiger partial charge in [0.2, 0.25) is 0 Å². The van der Waals surface area contributed by atoms with Crippen LogP contribution in [0.1, 0.15) is 41.2 Å². The molecule has 106 valence electrons. The first-order valence-electron chi connectivity index (χ1n) is 7.38. The molecule has 0 saturated heterocycles. The van der Waals surface area contributed by atoms with E-state index < -0.39 is 0 Å². The highest BCUT2D eigenvalue weighted by Gasteiger charge is 2.04. The minimum Gasteiger partial charge on any atom is -0.121 e. The van der Waals surface area contributed by atoms with Crippen LogP contribution in [0.5, 0.6) is 0 Å². The fourth-order valence-corrected chi connectivity index (χ4v) is 3.53. The molecule has 0 nitrogen and oxygen atoms in total. The van der Waals surface area contributed by atoms with Crippen LogP contribution in [0.15, 0.2) is 41.3 Å². The second-order valence-corrected chi connectivity index (χ2v) is 6.59. The zero-order valence-electron chi connectivity index (χ0n) is 13.0. The summed E-state index contributed by atoms with van der Waals surface area (Å²) in [6, 6.07) is 13.6. The summed E-state index contributed by atoms with van der Waals surface area (Å²) in [6.07, 6.45) is 2.40. The third kappa shape index (κ3) is 3.89. The van der Waals surface area contributed by atoms with Crippen LogP contribution in [-0.4, -0.2) is 0 Å². The zero-order valence-corrected chi connectivity index (χ0v) is 13.8. The van der Waals surface area contributed by atoms with Crippen molar-refractivity contribution < 1.29 is 0 Å². The molecule has 0 aliphatic heterocycles. The molecular formula is C19H24S. The maximum atomic E-state index is 2.39. The minimum atomic E-state index is 1.06. The molecule has 0 aromatic heterocycles. The first kappa shape index (κ1) is 15.2. The van der Waals surface area contributed by atoms with Gasteiger partial charge in [-0.25, -0.2) is 0 Å². The fourth-order valence-electron chi connectivity index (χ4n) is 2.34. The minimum absolute atomic E-state index is 1.06. The summed E-state index contributed by atoms with van der Waals surface area (Å²) in [5.74, 6) is 1.06. The lowest BCUT2D eigenvalue weighted by Crippen LogP contribution is -1.92. The summed E-state index contributed by atoms with van der Waals surface area (Å²) in [5.41, 5.74) is 7.07. The Hall–Kier alpha value is -1.21. The number of thioether (sulfide) groups is 1. The lowest BCUT2D eigenvalue weighted by atomic mass is 10.0. The number of aryl methyl sites for hydroxylation is 4. The van der Waals surface area contributed by atoms with Gasteiger partial charge in [-0.05, 0) is 55.5 Å². The van der Waals surface area contributed by atoms with Gasteiger partial charge in [-0.15, -0.1) is 11.8 Å². The SMILES string of the molecule is CCCc1ccc(C)c(CSc2cc(C)ccc2C)c1. The quantitative estimate of drug-likeness (QED) is 0.620. The summed E-state index contributed by atoms with van der Waals surface area (Å²) in [5, 5.41) is 0. The van der Waals surface area contributed by atoms with Crippen LogP contribution in [0.2, 0.25) is 0 Å². The van der Waals surface area contributed by atoms with E-state index in [-0.39, 0.29) is 0 Å². The first-order valence-corrected chi connectivity index (χ1v) is 8.37. The van der Waals surface area contributed by atoms with Crippen molar-refractivity contribution >= 4 is 11.8 Å². The van der Waals surface area contributed by atoms with E-state index in [0.717, 1.165) is 5.75 Å². The Morgan fingerprint density at radius 1 is 0.900 bits per heavy atom. The predicted molar refractivity (Wildman–Crippen MR) is 90.7 cm³/mol. The molecule has 0 unspecified atom stereocenters. The summed E-state index contributed by atoms with van der Waals surface area (Å²) < 4.78 is 0. The normalized spacial score (nSPS) is 10.8. The van der Waals surface area contributed by atoms with E-state index in [1.807, 2.05) is 11.8 Å². The van der Waals surface area contributed by atoms with Crippen molar-refractivity contribution in [2.45, 2.75) is 51.2 Å². The van der Waals surface area contributed by atoms with Gasteiger partial charge >= 0.3 is 0 Å². The molecule has 2 aromatic rings. The van der Waals surface area contributed by atoms with E-state index in [9.17, 15) is 0 Å². The van der Waals surface area contributed by atoms with Gasteiger partial charge in [0, 0.05) is 10.6 Å². The number of benzene rings is 2. The number of rotatable bonds is 5. The highest BCUT2D eigenvalue weighted by atomic mass is 32.2. The molecule has 0 aliphatic rings. The average Bonchev–Trinajstić information content (AvgIpc) is 2.43. The van der Waals surface area contributed by atoms with Gasteiger partial charge < -0.3 is 0 Å². The number of hydrogen-bond acceptors (Lipinski definition) is 1. The second-order valence-electron chi connectivity index (χ2n) is 5.57. The molecule has 20 heavy (non-hydrogen) atoms. The molecule has 2 rings (SSSR count). The van der Waals surface area contributed by atoms with Crippen LogP contribution in [0.3, 0.4) is 0 Å². The molecule has 0 saturated carbocycles. The van der Waals surface area contributed by atoms with E-state index in [0.29, 0.717) is 0 Å². The van der Waals surface area contributed by atoms with E-state index in [1.54, 1.807) is 0 Å². The molecule has 0 amide bonds. The molecule has 0 aliphatic carbocycles. The standard InChI is InChI=1S/C19H24S/c1-5-6-17-10-9-15(3)18(12-17)13-20-19-11-14(2)7-8-16(19)4/h7-12H,5-6,13H2,1-4H3. The van der Waals surface area contributed by atoms with Gasteiger partial charge in [0.25, 0.3) is 0 Å². The first-order chi connectivity index (χ1) is 9.60. The van der Waals surface area contributed by atoms with Crippen molar-refractivity contribution in [2.24, 2.45) is 0 Å². The van der Waals surface area contributed by atoms with Crippen molar-refractivity contribution in [2.75, 3.05) is 0 Å². The largest absolute Gasteiger partial charge is 0.121 e. The van der Waals surface area contributed by atoms with E-state index in [1.165, 1.54) is 45.6 Å². The lowest BCUT2D eigenvalue weighted by molar-refractivity contribution is 0.918. The van der Waals surface area contributed by atoms with Crippen molar-refractivity contribution in [3.05, 3.63) is 64.2 Å². The third-order valence-electron chi connectivity index (χ3n) is 3.68. The third-order valence-corrected chi connectivity index (χ3v) is 4.89. The lowest BCUT2D eigenvalue weighted by Gasteiger charge is -2.10. The molecule has 0 spiro atoms. The van der Waals surface area contributed by atoms with Crippen LogP contribution >= 0.6 is 11.8 Å². The van der Waals surface area contributed by atoms with E-state index >= 15 is 0 Å². The zero-order chi connectivity index (χ0) is 14.5. The maximum Gasteiger partial charge on any atom is 0.0234 e. The Balaban J connectivity index is 2.13. The Morgan fingerprint density at radius 2 is 1.65 bits per heavy atom. The Morgan fingerprint density at radius 3 is 2.40 bits per heavy atom. The van der Waals surface area contributed by atoms with Gasteiger partial charge in [-0.3, -0.25) is 0 Å². The molecular weight excluding hydrogens is 260 g/mol. The molecule has 1 heteroatoms. The molecule has 0 heterocycles. The van der Waals surface area contributed by atoms with Crippen molar-refractivity contribution in [1.29, 1.82) is 0 Å². The van der Waals surface area contributed by atoms with Crippen LogP contribution in [0.4, 0.5) is 0 Å². The molecule has 0 bridgehead atoms. The highest BCUT2D eigenvalue weighted by molar-refractivity contribution is 7.98. The fraction of sp³-hybridized carbons (Fsp3) is 0.368. The highest BCUT2D eigenvalue weighted by Crippen LogP contribution is 2.28. The van der Waals surface area contributed by atoms with Gasteiger partial charge in [0.1, 0.15) is 0 Å². The maximum absolute atomic E-state index is 2.39. The van der Waals surface area contributed by atoms with Crippen LogP contribution < -0.4 is 0 Å². The molecule has 2 aromatic carbocycles. The van der Waals surface area contributed by atoms with Crippen LogP contribution in [0.25, 0.3) is 0 Å². The number of hydrogen-bond donors (Lipinski definition) is 0. The average molecular weight is 284 g/mol. The molecule has 0 radical (unpaired) electrons. The molecule has 0 atom stereocenters.